The van der Waals surface area contributed by atoms with Crippen molar-refractivity contribution in [2.75, 3.05) is 6.79 Å². The molecule has 5 nitrogen and oxygen atoms in total. The average molecular weight is 371 g/mol. The van der Waals surface area contributed by atoms with Crippen LogP contribution >= 0.6 is 0 Å². The molecule has 4 aromatic rings. The molecule has 0 saturated carbocycles. The van der Waals surface area contributed by atoms with E-state index in [1.807, 2.05) is 78.9 Å². The number of benzene rings is 3. The van der Waals surface area contributed by atoms with Crippen molar-refractivity contribution in [3.8, 4) is 34.1 Å². The van der Waals surface area contributed by atoms with E-state index in [0.717, 1.165) is 22.4 Å². The van der Waals surface area contributed by atoms with Gasteiger partial charge in [0.25, 0.3) is 0 Å². The van der Waals surface area contributed by atoms with Gasteiger partial charge >= 0.3 is 5.76 Å². The monoisotopic (exact) mass is 371 g/mol. The molecule has 0 atom stereocenters. The first-order valence-corrected chi connectivity index (χ1v) is 9.02. The van der Waals surface area contributed by atoms with E-state index in [-0.39, 0.29) is 6.79 Å². The minimum Gasteiger partial charge on any atom is -0.454 e. The van der Waals surface area contributed by atoms with Gasteiger partial charge in [-0.05, 0) is 23.8 Å². The van der Waals surface area contributed by atoms with Crippen LogP contribution in [-0.4, -0.2) is 11.4 Å². The molecule has 28 heavy (non-hydrogen) atoms. The summed E-state index contributed by atoms with van der Waals surface area (Å²) < 4.78 is 18.3. The average Bonchev–Trinajstić information content (AvgIpc) is 3.33. The highest BCUT2D eigenvalue weighted by molar-refractivity contribution is 5.78. The van der Waals surface area contributed by atoms with Gasteiger partial charge in [-0.1, -0.05) is 60.7 Å². The van der Waals surface area contributed by atoms with E-state index >= 15 is 0 Å². The largest absolute Gasteiger partial charge is 0.454 e. The second-order valence-electron chi connectivity index (χ2n) is 6.55. The van der Waals surface area contributed by atoms with E-state index in [2.05, 4.69) is 0 Å². The van der Waals surface area contributed by atoms with Gasteiger partial charge in [-0.3, -0.25) is 4.57 Å². The van der Waals surface area contributed by atoms with Crippen molar-refractivity contribution in [2.45, 2.75) is 6.54 Å². The molecule has 0 bridgehead atoms. The summed E-state index contributed by atoms with van der Waals surface area (Å²) in [6, 6.07) is 25.2. The zero-order valence-corrected chi connectivity index (χ0v) is 15.0. The minimum atomic E-state index is -0.393. The van der Waals surface area contributed by atoms with Crippen molar-refractivity contribution in [3.63, 3.8) is 0 Å². The molecule has 5 heteroatoms. The maximum atomic E-state index is 12.8. The summed E-state index contributed by atoms with van der Waals surface area (Å²) in [5.74, 6) is 1.51. The van der Waals surface area contributed by atoms with Gasteiger partial charge in [0.05, 0.1) is 12.2 Å². The maximum absolute atomic E-state index is 12.8. The summed E-state index contributed by atoms with van der Waals surface area (Å²) in [6.45, 7) is 0.617. The van der Waals surface area contributed by atoms with E-state index in [1.54, 1.807) is 4.57 Å². The van der Waals surface area contributed by atoms with Crippen molar-refractivity contribution in [2.24, 2.45) is 0 Å². The topological polar surface area (TPSA) is 53.6 Å². The van der Waals surface area contributed by atoms with Crippen LogP contribution in [0.15, 0.2) is 88.1 Å². The van der Waals surface area contributed by atoms with Crippen LogP contribution in [0.5, 0.6) is 11.5 Å². The molecule has 0 unspecified atom stereocenters. The van der Waals surface area contributed by atoms with Crippen molar-refractivity contribution < 1.29 is 13.9 Å². The quantitative estimate of drug-likeness (QED) is 0.528. The van der Waals surface area contributed by atoms with E-state index in [1.165, 1.54) is 0 Å². The molecule has 0 saturated heterocycles. The fraction of sp³-hybridized carbons (Fsp3) is 0.0870. The van der Waals surface area contributed by atoms with Gasteiger partial charge < -0.3 is 13.9 Å². The molecule has 0 spiro atoms. The Hall–Kier alpha value is -3.73. The molecule has 1 aliphatic heterocycles. The molecular weight excluding hydrogens is 354 g/mol. The second kappa shape index (κ2) is 6.78. The van der Waals surface area contributed by atoms with Gasteiger partial charge in [-0.25, -0.2) is 4.79 Å². The van der Waals surface area contributed by atoms with Crippen LogP contribution in [0.2, 0.25) is 0 Å². The number of aromatic nitrogens is 1. The van der Waals surface area contributed by atoms with Gasteiger partial charge in [-0.15, -0.1) is 0 Å². The molecule has 1 aliphatic rings. The highest BCUT2D eigenvalue weighted by atomic mass is 16.7. The number of rotatable bonds is 4. The second-order valence-corrected chi connectivity index (χ2v) is 6.55. The first-order chi connectivity index (χ1) is 13.8. The van der Waals surface area contributed by atoms with Crippen molar-refractivity contribution in [1.82, 2.24) is 4.57 Å². The fourth-order valence-corrected chi connectivity index (χ4v) is 3.43. The lowest BCUT2D eigenvalue weighted by Gasteiger charge is -2.10. The third kappa shape index (κ3) is 2.87. The standard InChI is InChI=1S/C23H17NO4/c25-23-24(14-16-7-3-1-4-8-16)21(22(28-23)17-9-5-2-6-10-17)18-11-12-19-20(13-18)27-15-26-19/h1-13H,14-15H2. The van der Waals surface area contributed by atoms with E-state index in [0.29, 0.717) is 23.8 Å². The molecule has 5 rings (SSSR count). The lowest BCUT2D eigenvalue weighted by molar-refractivity contribution is 0.174. The number of ether oxygens (including phenoxy) is 2. The van der Waals surface area contributed by atoms with Crippen molar-refractivity contribution >= 4 is 0 Å². The highest BCUT2D eigenvalue weighted by Crippen LogP contribution is 2.39. The summed E-state index contributed by atoms with van der Waals surface area (Å²) in [5, 5.41) is 0. The van der Waals surface area contributed by atoms with Gasteiger partial charge in [0.15, 0.2) is 17.3 Å². The number of nitrogens with zero attached hydrogens (tertiary/aromatic N) is 1. The van der Waals surface area contributed by atoms with Crippen LogP contribution in [0.1, 0.15) is 5.56 Å². The molecule has 138 valence electrons. The summed E-state index contributed by atoms with van der Waals surface area (Å²) in [6.07, 6.45) is 0. The first-order valence-electron chi connectivity index (χ1n) is 9.02. The molecular formula is C23H17NO4. The zero-order valence-electron chi connectivity index (χ0n) is 15.0. The lowest BCUT2D eigenvalue weighted by Crippen LogP contribution is -2.16. The normalized spacial score (nSPS) is 12.3. The molecule has 0 amide bonds. The number of hydrogen-bond donors (Lipinski definition) is 0. The Kier molecular flexibility index (Phi) is 3.98. The third-order valence-electron chi connectivity index (χ3n) is 4.76. The first kappa shape index (κ1) is 16.4. The Bertz CT molecular complexity index is 1180. The SMILES string of the molecule is O=c1oc(-c2ccccc2)c(-c2ccc3c(c2)OCO3)n1Cc1ccccc1. The summed E-state index contributed by atoms with van der Waals surface area (Å²) in [4.78, 5) is 12.8. The van der Waals surface area contributed by atoms with Gasteiger partial charge in [0, 0.05) is 11.1 Å². The number of oxazole rings is 1. The van der Waals surface area contributed by atoms with Crippen LogP contribution in [0.4, 0.5) is 0 Å². The molecule has 3 aromatic carbocycles. The zero-order chi connectivity index (χ0) is 18.9. The van der Waals surface area contributed by atoms with E-state index in [9.17, 15) is 4.79 Å². The smallest absolute Gasteiger partial charge is 0.420 e. The van der Waals surface area contributed by atoms with Crippen molar-refractivity contribution in [1.29, 1.82) is 0 Å². The molecule has 0 fully saturated rings. The van der Waals surface area contributed by atoms with Gasteiger partial charge in [-0.2, -0.15) is 0 Å². The summed E-state index contributed by atoms with van der Waals surface area (Å²) >= 11 is 0. The minimum absolute atomic E-state index is 0.201. The fourth-order valence-electron chi connectivity index (χ4n) is 3.43. The number of hydrogen-bond acceptors (Lipinski definition) is 4. The van der Waals surface area contributed by atoms with Crippen LogP contribution in [0, 0.1) is 0 Å². The third-order valence-corrected chi connectivity index (χ3v) is 4.76. The van der Waals surface area contributed by atoms with Gasteiger partial charge in [0.1, 0.15) is 0 Å². The Morgan fingerprint density at radius 1 is 0.786 bits per heavy atom. The predicted octanol–water partition coefficient (Wildman–Crippen LogP) is 4.55. The Labute approximate surface area is 161 Å². The summed E-state index contributed by atoms with van der Waals surface area (Å²) in [5.41, 5.74) is 3.43. The maximum Gasteiger partial charge on any atom is 0.420 e. The van der Waals surface area contributed by atoms with Crippen LogP contribution < -0.4 is 15.2 Å². The Morgan fingerprint density at radius 3 is 2.29 bits per heavy atom. The van der Waals surface area contributed by atoms with E-state index in [4.69, 9.17) is 13.9 Å². The Balaban J connectivity index is 1.71. The molecule has 2 heterocycles. The lowest BCUT2D eigenvalue weighted by atomic mass is 10.0. The Morgan fingerprint density at radius 2 is 1.50 bits per heavy atom. The summed E-state index contributed by atoms with van der Waals surface area (Å²) in [7, 11) is 0. The molecule has 0 radical (unpaired) electrons. The molecule has 1 aromatic heterocycles. The molecule has 0 aliphatic carbocycles. The van der Waals surface area contributed by atoms with Crippen LogP contribution in [-0.2, 0) is 6.54 Å². The van der Waals surface area contributed by atoms with Gasteiger partial charge in [0.2, 0.25) is 6.79 Å². The van der Waals surface area contributed by atoms with E-state index < -0.39 is 5.76 Å². The highest BCUT2D eigenvalue weighted by Gasteiger charge is 2.22. The van der Waals surface area contributed by atoms with Crippen molar-refractivity contribution in [3.05, 3.63) is 95.0 Å². The van der Waals surface area contributed by atoms with Crippen LogP contribution in [0.25, 0.3) is 22.6 Å². The predicted molar refractivity (Wildman–Crippen MR) is 106 cm³/mol. The number of fused-ring (bicyclic) bond motifs is 1. The van der Waals surface area contributed by atoms with Crippen LogP contribution in [0.3, 0.4) is 0 Å². The molecule has 0 N–H and O–H groups in total.